The number of rotatable bonds is 3. The molecule has 4 rings (SSSR count). The van der Waals surface area contributed by atoms with Gasteiger partial charge in [-0.2, -0.15) is 5.10 Å². The molecule has 2 aromatic rings. The third-order valence-electron chi connectivity index (χ3n) is 5.95. The molecule has 1 saturated heterocycles. The summed E-state index contributed by atoms with van der Waals surface area (Å²) in [5.41, 5.74) is 2.91. The van der Waals surface area contributed by atoms with E-state index in [4.69, 9.17) is 4.74 Å². The van der Waals surface area contributed by atoms with Crippen molar-refractivity contribution >= 4 is 11.8 Å². The Kier molecular flexibility index (Phi) is 4.70. The number of aryl methyl sites for hydroxylation is 2. The predicted octanol–water partition coefficient (Wildman–Crippen LogP) is 0.614. The minimum absolute atomic E-state index is 0.00622. The summed E-state index contributed by atoms with van der Waals surface area (Å²) in [4.78, 5) is 37.3. The lowest BCUT2D eigenvalue weighted by molar-refractivity contribution is -0.145. The summed E-state index contributed by atoms with van der Waals surface area (Å²) < 4.78 is 6.76. The van der Waals surface area contributed by atoms with Crippen molar-refractivity contribution in [2.75, 3.05) is 33.4 Å². The van der Waals surface area contributed by atoms with Crippen LogP contribution < -0.4 is 0 Å². The maximum Gasteiger partial charge on any atom is 0.257 e. The SMILES string of the molecule is COCC(=O)N1CCc2[nH]cnc2C12CCN(C(=O)c1cn(C)nc1C)CC2. The van der Waals surface area contributed by atoms with Crippen molar-refractivity contribution in [3.8, 4) is 0 Å². The van der Waals surface area contributed by atoms with E-state index < -0.39 is 5.54 Å². The largest absolute Gasteiger partial charge is 0.375 e. The number of carbonyl (C=O) groups is 2. The third-order valence-corrected chi connectivity index (χ3v) is 5.95. The smallest absolute Gasteiger partial charge is 0.257 e. The second-order valence-electron chi connectivity index (χ2n) is 7.58. The quantitative estimate of drug-likeness (QED) is 0.834. The number of ether oxygens (including phenoxy) is 1. The minimum Gasteiger partial charge on any atom is -0.375 e. The molecule has 0 saturated carbocycles. The molecule has 2 amide bonds. The van der Waals surface area contributed by atoms with Gasteiger partial charge in [0.2, 0.25) is 5.91 Å². The van der Waals surface area contributed by atoms with Crippen molar-refractivity contribution in [1.82, 2.24) is 29.5 Å². The topological polar surface area (TPSA) is 96.4 Å². The van der Waals surface area contributed by atoms with E-state index in [2.05, 4.69) is 15.1 Å². The fraction of sp³-hybridized carbons (Fsp3) is 0.579. The van der Waals surface area contributed by atoms with Crippen LogP contribution in [-0.2, 0) is 28.5 Å². The summed E-state index contributed by atoms with van der Waals surface area (Å²) >= 11 is 0. The molecule has 2 aliphatic rings. The van der Waals surface area contributed by atoms with E-state index in [1.807, 2.05) is 23.8 Å². The van der Waals surface area contributed by atoms with Crippen LogP contribution in [0.15, 0.2) is 12.5 Å². The number of carbonyl (C=O) groups excluding carboxylic acids is 2. The Bertz CT molecular complexity index is 893. The van der Waals surface area contributed by atoms with Gasteiger partial charge in [-0.25, -0.2) is 4.98 Å². The van der Waals surface area contributed by atoms with Gasteiger partial charge in [-0.05, 0) is 19.8 Å². The lowest BCUT2D eigenvalue weighted by atomic mass is 9.78. The molecule has 28 heavy (non-hydrogen) atoms. The van der Waals surface area contributed by atoms with Crippen molar-refractivity contribution in [2.45, 2.75) is 31.7 Å². The second-order valence-corrected chi connectivity index (χ2v) is 7.58. The highest BCUT2D eigenvalue weighted by Crippen LogP contribution is 2.42. The number of H-pyrrole nitrogens is 1. The molecule has 0 unspecified atom stereocenters. The first-order chi connectivity index (χ1) is 13.5. The lowest BCUT2D eigenvalue weighted by Crippen LogP contribution is -2.59. The van der Waals surface area contributed by atoms with E-state index in [0.717, 1.165) is 23.5 Å². The van der Waals surface area contributed by atoms with E-state index in [9.17, 15) is 9.59 Å². The summed E-state index contributed by atoms with van der Waals surface area (Å²) in [6, 6.07) is 0. The fourth-order valence-electron chi connectivity index (χ4n) is 4.61. The first-order valence-corrected chi connectivity index (χ1v) is 9.58. The standard InChI is InChI=1S/C19H26N6O3/c1-13-14(10-23(2)22-13)18(27)24-8-5-19(6-9-24)17-15(20-12-21-17)4-7-25(19)16(26)11-28-3/h10,12H,4-9,11H2,1-3H3,(H,20,21). The minimum atomic E-state index is -0.482. The van der Waals surface area contributed by atoms with Crippen molar-refractivity contribution < 1.29 is 14.3 Å². The van der Waals surface area contributed by atoms with Crippen LogP contribution in [-0.4, -0.2) is 74.7 Å². The molecule has 0 atom stereocenters. The fourth-order valence-corrected chi connectivity index (χ4v) is 4.61. The Hall–Kier alpha value is -2.68. The molecule has 1 N–H and O–H groups in total. The molecule has 1 spiro atoms. The Morgan fingerprint density at radius 3 is 2.68 bits per heavy atom. The average Bonchev–Trinajstić information content (AvgIpc) is 3.29. The van der Waals surface area contributed by atoms with Crippen LogP contribution in [0.25, 0.3) is 0 Å². The zero-order valence-electron chi connectivity index (χ0n) is 16.6. The molecule has 0 aliphatic carbocycles. The highest BCUT2D eigenvalue weighted by Gasteiger charge is 2.49. The molecule has 9 heteroatoms. The van der Waals surface area contributed by atoms with Gasteiger partial charge in [0.15, 0.2) is 0 Å². The molecular weight excluding hydrogens is 360 g/mol. The number of imidazole rings is 1. The number of methoxy groups -OCH3 is 1. The molecule has 9 nitrogen and oxygen atoms in total. The Morgan fingerprint density at radius 1 is 1.29 bits per heavy atom. The summed E-state index contributed by atoms with van der Waals surface area (Å²) in [5.74, 6) is -0.0349. The molecule has 0 bridgehead atoms. The van der Waals surface area contributed by atoms with Crippen LogP contribution in [0, 0.1) is 6.92 Å². The number of hydrogen-bond acceptors (Lipinski definition) is 5. The molecule has 1 fully saturated rings. The molecule has 0 aromatic carbocycles. The highest BCUT2D eigenvalue weighted by molar-refractivity contribution is 5.95. The van der Waals surface area contributed by atoms with Crippen LogP contribution >= 0.6 is 0 Å². The van der Waals surface area contributed by atoms with Gasteiger partial charge in [0.1, 0.15) is 6.61 Å². The van der Waals surface area contributed by atoms with Crippen molar-refractivity contribution in [3.05, 3.63) is 35.2 Å². The highest BCUT2D eigenvalue weighted by atomic mass is 16.5. The first-order valence-electron chi connectivity index (χ1n) is 9.58. The van der Waals surface area contributed by atoms with Gasteiger partial charge in [-0.15, -0.1) is 0 Å². The normalized spacial score (nSPS) is 18.4. The van der Waals surface area contributed by atoms with E-state index in [1.165, 1.54) is 7.11 Å². The lowest BCUT2D eigenvalue weighted by Gasteiger charge is -2.50. The number of likely N-dealkylation sites (tertiary alicyclic amines) is 1. The number of nitrogens with one attached hydrogen (secondary N) is 1. The first kappa shape index (κ1) is 18.7. The number of aromatic amines is 1. The number of hydrogen-bond donors (Lipinski definition) is 1. The molecule has 150 valence electrons. The third kappa shape index (κ3) is 2.90. The Labute approximate surface area is 163 Å². The van der Waals surface area contributed by atoms with E-state index >= 15 is 0 Å². The summed E-state index contributed by atoms with van der Waals surface area (Å²) in [7, 11) is 3.35. The van der Waals surface area contributed by atoms with Crippen LogP contribution in [0.1, 0.15) is 40.3 Å². The summed E-state index contributed by atoms with van der Waals surface area (Å²) in [5, 5.41) is 4.28. The van der Waals surface area contributed by atoms with Crippen LogP contribution in [0.3, 0.4) is 0 Å². The van der Waals surface area contributed by atoms with E-state index in [1.54, 1.807) is 17.2 Å². The van der Waals surface area contributed by atoms with E-state index in [0.29, 0.717) is 38.0 Å². The average molecular weight is 386 g/mol. The van der Waals surface area contributed by atoms with E-state index in [-0.39, 0.29) is 18.4 Å². The molecule has 2 aromatic heterocycles. The van der Waals surface area contributed by atoms with Gasteiger partial charge in [-0.3, -0.25) is 14.3 Å². The number of amides is 2. The zero-order chi connectivity index (χ0) is 19.9. The summed E-state index contributed by atoms with van der Waals surface area (Å²) in [6.45, 7) is 3.67. The Balaban J connectivity index is 1.59. The maximum atomic E-state index is 13.0. The van der Waals surface area contributed by atoms with Crippen molar-refractivity contribution in [2.24, 2.45) is 7.05 Å². The van der Waals surface area contributed by atoms with Crippen molar-refractivity contribution in [1.29, 1.82) is 0 Å². The van der Waals surface area contributed by atoms with Crippen molar-refractivity contribution in [3.63, 3.8) is 0 Å². The number of aromatic nitrogens is 4. The predicted molar refractivity (Wildman–Crippen MR) is 101 cm³/mol. The molecule has 0 radical (unpaired) electrons. The number of nitrogens with zero attached hydrogens (tertiary/aromatic N) is 5. The number of fused-ring (bicyclic) bond motifs is 2. The van der Waals surface area contributed by atoms with Gasteiger partial charge in [-0.1, -0.05) is 0 Å². The number of piperidine rings is 1. The monoisotopic (exact) mass is 386 g/mol. The molecule has 4 heterocycles. The zero-order valence-corrected chi connectivity index (χ0v) is 16.6. The van der Waals surface area contributed by atoms with Crippen LogP contribution in [0.2, 0.25) is 0 Å². The van der Waals surface area contributed by atoms with Gasteiger partial charge in [0.25, 0.3) is 5.91 Å². The Morgan fingerprint density at radius 2 is 2.04 bits per heavy atom. The van der Waals surface area contributed by atoms with Gasteiger partial charge in [0.05, 0.1) is 28.8 Å². The van der Waals surface area contributed by atoms with Gasteiger partial charge in [0, 0.05) is 52.1 Å². The molecular formula is C19H26N6O3. The maximum absolute atomic E-state index is 13.0. The summed E-state index contributed by atoms with van der Waals surface area (Å²) in [6.07, 6.45) is 5.54. The second kappa shape index (κ2) is 7.05. The van der Waals surface area contributed by atoms with Gasteiger partial charge >= 0.3 is 0 Å². The van der Waals surface area contributed by atoms with Crippen LogP contribution in [0.4, 0.5) is 0 Å². The molecule has 2 aliphatic heterocycles. The van der Waals surface area contributed by atoms with Gasteiger partial charge < -0.3 is 19.5 Å². The van der Waals surface area contributed by atoms with Crippen LogP contribution in [0.5, 0.6) is 0 Å².